The standard InChI is InChI=1S/C7H6N2O5.C4H4S/c1-4-2-5(8(11)12)3-6(7(4)10)9(13)14;1-2-4-5-3-1/h2-3,10H,1H3;1-4H. The Kier molecular flexibility index (Phi) is 4.95. The molecule has 8 heteroatoms. The number of phenolic OH excluding ortho intramolecular Hbond substituents is 1. The first-order valence-corrected chi connectivity index (χ1v) is 5.97. The molecule has 0 fully saturated rings. The number of benzene rings is 1. The maximum Gasteiger partial charge on any atom is 0.317 e. The lowest BCUT2D eigenvalue weighted by Gasteiger charge is -1.99. The fourth-order valence-electron chi connectivity index (χ4n) is 1.21. The normalized spacial score (nSPS) is 9.32. The molecule has 0 radical (unpaired) electrons. The molecule has 1 aromatic carbocycles. The average molecular weight is 282 g/mol. The Morgan fingerprint density at radius 2 is 1.68 bits per heavy atom. The molecule has 7 nitrogen and oxygen atoms in total. The van der Waals surface area contributed by atoms with Gasteiger partial charge in [0.05, 0.1) is 15.9 Å². The number of nitro groups is 2. The molecular formula is C11H10N2O5S. The maximum absolute atomic E-state index is 10.4. The van der Waals surface area contributed by atoms with Crippen LogP contribution < -0.4 is 0 Å². The molecule has 0 saturated heterocycles. The van der Waals surface area contributed by atoms with E-state index in [-0.39, 0.29) is 5.56 Å². The summed E-state index contributed by atoms with van der Waals surface area (Å²) in [6.07, 6.45) is 0. The van der Waals surface area contributed by atoms with Crippen LogP contribution in [0.15, 0.2) is 35.0 Å². The molecule has 19 heavy (non-hydrogen) atoms. The Hall–Kier alpha value is -2.48. The van der Waals surface area contributed by atoms with Crippen molar-refractivity contribution in [3.8, 4) is 5.75 Å². The van der Waals surface area contributed by atoms with Crippen LogP contribution in [0.3, 0.4) is 0 Å². The number of aromatic hydroxyl groups is 1. The SMILES string of the molecule is Cc1cc([N+](=O)[O-])cc([N+](=O)[O-])c1O.c1ccsc1. The highest BCUT2D eigenvalue weighted by Crippen LogP contribution is 2.33. The minimum atomic E-state index is -0.866. The Labute approximate surface area is 112 Å². The molecule has 1 aromatic heterocycles. The van der Waals surface area contributed by atoms with Crippen molar-refractivity contribution >= 4 is 22.7 Å². The zero-order chi connectivity index (χ0) is 14.4. The first-order valence-electron chi connectivity index (χ1n) is 5.03. The molecule has 0 aliphatic carbocycles. The number of thiophene rings is 1. The number of aryl methyl sites for hydroxylation is 1. The van der Waals surface area contributed by atoms with Crippen LogP contribution in [0.4, 0.5) is 11.4 Å². The Morgan fingerprint density at radius 1 is 1.11 bits per heavy atom. The highest BCUT2D eigenvalue weighted by molar-refractivity contribution is 7.07. The van der Waals surface area contributed by atoms with E-state index >= 15 is 0 Å². The number of nitro benzene ring substituents is 2. The predicted octanol–water partition coefficient (Wildman–Crippen LogP) is 3.27. The van der Waals surface area contributed by atoms with Crippen molar-refractivity contribution in [1.82, 2.24) is 0 Å². The van der Waals surface area contributed by atoms with Crippen molar-refractivity contribution in [1.29, 1.82) is 0 Å². The van der Waals surface area contributed by atoms with Gasteiger partial charge in [0.15, 0.2) is 5.75 Å². The number of hydrogen-bond donors (Lipinski definition) is 1. The van der Waals surface area contributed by atoms with Crippen molar-refractivity contribution in [2.24, 2.45) is 0 Å². The summed E-state index contributed by atoms with van der Waals surface area (Å²) < 4.78 is 0. The first-order chi connectivity index (χ1) is 8.93. The number of non-ortho nitro benzene ring substituents is 1. The van der Waals surface area contributed by atoms with Gasteiger partial charge in [-0.2, -0.15) is 11.3 Å². The van der Waals surface area contributed by atoms with E-state index in [2.05, 4.69) is 0 Å². The monoisotopic (exact) mass is 282 g/mol. The summed E-state index contributed by atoms with van der Waals surface area (Å²) >= 11 is 1.71. The summed E-state index contributed by atoms with van der Waals surface area (Å²) in [5.74, 6) is -0.541. The number of rotatable bonds is 2. The third-order valence-corrected chi connectivity index (χ3v) is 2.73. The summed E-state index contributed by atoms with van der Waals surface area (Å²) in [6, 6.07) is 5.83. The van der Waals surface area contributed by atoms with Gasteiger partial charge in [-0.1, -0.05) is 12.1 Å². The fraction of sp³-hybridized carbons (Fsp3) is 0.0909. The fourth-order valence-corrected chi connectivity index (χ4v) is 1.67. The van der Waals surface area contributed by atoms with E-state index in [4.69, 9.17) is 0 Å². The van der Waals surface area contributed by atoms with Gasteiger partial charge in [-0.3, -0.25) is 20.2 Å². The highest BCUT2D eigenvalue weighted by atomic mass is 32.1. The molecule has 0 aliphatic heterocycles. The van der Waals surface area contributed by atoms with Gasteiger partial charge in [0, 0.05) is 11.6 Å². The largest absolute Gasteiger partial charge is 0.502 e. The van der Waals surface area contributed by atoms with Gasteiger partial charge in [0.2, 0.25) is 0 Å². The summed E-state index contributed by atoms with van der Waals surface area (Å²) in [6.45, 7) is 1.36. The molecule has 2 aromatic rings. The molecular weight excluding hydrogens is 272 g/mol. The molecule has 0 atom stereocenters. The smallest absolute Gasteiger partial charge is 0.317 e. The Balaban J connectivity index is 0.000000300. The predicted molar refractivity (Wildman–Crippen MR) is 70.5 cm³/mol. The van der Waals surface area contributed by atoms with Gasteiger partial charge in [0.1, 0.15) is 0 Å². The maximum atomic E-state index is 10.4. The molecule has 100 valence electrons. The van der Waals surface area contributed by atoms with Gasteiger partial charge in [-0.25, -0.2) is 0 Å². The van der Waals surface area contributed by atoms with Crippen molar-refractivity contribution in [2.75, 3.05) is 0 Å². The van der Waals surface area contributed by atoms with Gasteiger partial charge in [0.25, 0.3) is 5.69 Å². The zero-order valence-electron chi connectivity index (χ0n) is 9.85. The third-order valence-electron chi connectivity index (χ3n) is 2.10. The number of hydrogen-bond acceptors (Lipinski definition) is 6. The molecule has 1 N–H and O–H groups in total. The van der Waals surface area contributed by atoms with Gasteiger partial charge >= 0.3 is 5.69 Å². The van der Waals surface area contributed by atoms with Crippen LogP contribution in [0, 0.1) is 27.2 Å². The zero-order valence-corrected chi connectivity index (χ0v) is 10.7. The van der Waals surface area contributed by atoms with E-state index in [1.165, 1.54) is 6.92 Å². The lowest BCUT2D eigenvalue weighted by Crippen LogP contribution is -1.94. The summed E-state index contributed by atoms with van der Waals surface area (Å²) in [5.41, 5.74) is -0.963. The molecule has 2 rings (SSSR count). The van der Waals surface area contributed by atoms with Gasteiger partial charge in [-0.15, -0.1) is 0 Å². The van der Waals surface area contributed by atoms with E-state index in [9.17, 15) is 25.3 Å². The van der Waals surface area contributed by atoms with E-state index in [1.54, 1.807) is 11.3 Å². The van der Waals surface area contributed by atoms with Crippen LogP contribution >= 0.6 is 11.3 Å². The van der Waals surface area contributed by atoms with E-state index in [1.807, 2.05) is 22.9 Å². The summed E-state index contributed by atoms with van der Waals surface area (Å²) in [7, 11) is 0. The quantitative estimate of drug-likeness (QED) is 0.672. The van der Waals surface area contributed by atoms with Crippen LogP contribution in [0.2, 0.25) is 0 Å². The summed E-state index contributed by atoms with van der Waals surface area (Å²) in [5, 5.41) is 34.0. The van der Waals surface area contributed by atoms with Gasteiger partial charge in [-0.05, 0) is 17.7 Å². The van der Waals surface area contributed by atoms with Crippen molar-refractivity contribution in [3.05, 3.63) is 60.8 Å². The lowest BCUT2D eigenvalue weighted by atomic mass is 10.1. The molecule has 0 amide bonds. The van der Waals surface area contributed by atoms with Crippen LogP contribution in [0.1, 0.15) is 5.56 Å². The van der Waals surface area contributed by atoms with Crippen LogP contribution in [-0.4, -0.2) is 15.0 Å². The second kappa shape index (κ2) is 6.45. The second-order valence-electron chi connectivity index (χ2n) is 3.44. The minimum Gasteiger partial charge on any atom is -0.502 e. The van der Waals surface area contributed by atoms with E-state index in [0.717, 1.165) is 12.1 Å². The van der Waals surface area contributed by atoms with Crippen molar-refractivity contribution in [3.63, 3.8) is 0 Å². The van der Waals surface area contributed by atoms with E-state index in [0.29, 0.717) is 0 Å². The molecule has 0 saturated carbocycles. The molecule has 0 spiro atoms. The second-order valence-corrected chi connectivity index (χ2v) is 4.25. The molecule has 1 heterocycles. The van der Waals surface area contributed by atoms with Crippen molar-refractivity contribution < 1.29 is 15.0 Å². The van der Waals surface area contributed by atoms with Crippen molar-refractivity contribution in [2.45, 2.75) is 6.92 Å². The summed E-state index contributed by atoms with van der Waals surface area (Å²) in [4.78, 5) is 19.1. The van der Waals surface area contributed by atoms with Crippen LogP contribution in [0.5, 0.6) is 5.75 Å². The first kappa shape index (κ1) is 14.6. The molecule has 0 aliphatic rings. The van der Waals surface area contributed by atoms with Crippen LogP contribution in [-0.2, 0) is 0 Å². The van der Waals surface area contributed by atoms with E-state index < -0.39 is 27.0 Å². The van der Waals surface area contributed by atoms with Gasteiger partial charge < -0.3 is 5.11 Å². The molecule has 0 bridgehead atoms. The minimum absolute atomic E-state index is 0.103. The Bertz CT molecular complexity index is 566. The number of nitrogens with zero attached hydrogens (tertiary/aromatic N) is 2. The Morgan fingerprint density at radius 3 is 2.05 bits per heavy atom. The lowest BCUT2D eigenvalue weighted by molar-refractivity contribution is -0.394. The highest BCUT2D eigenvalue weighted by Gasteiger charge is 2.21. The topological polar surface area (TPSA) is 107 Å². The number of phenols is 1. The third kappa shape index (κ3) is 4.03. The molecule has 0 unspecified atom stereocenters. The van der Waals surface area contributed by atoms with Crippen LogP contribution in [0.25, 0.3) is 0 Å². The average Bonchev–Trinajstić information content (AvgIpc) is 2.90.